The van der Waals surface area contributed by atoms with Gasteiger partial charge in [0.2, 0.25) is 0 Å². The highest BCUT2D eigenvalue weighted by molar-refractivity contribution is 5.39. The number of nitrogens with one attached hydrogen (secondary N) is 1. The molecule has 1 saturated carbocycles. The van der Waals surface area contributed by atoms with Crippen LogP contribution in [0.4, 0.5) is 0 Å². The second-order valence-corrected chi connectivity index (χ2v) is 6.54. The van der Waals surface area contributed by atoms with Crippen LogP contribution in [0.3, 0.4) is 0 Å². The number of methoxy groups -OCH3 is 1. The van der Waals surface area contributed by atoms with Gasteiger partial charge in [0.25, 0.3) is 0 Å². The molecular weight excluding hydrogens is 246 g/mol. The molecule has 2 nitrogen and oxygen atoms in total. The number of aryl methyl sites for hydroxylation is 1. The maximum atomic E-state index is 5.58. The largest absolute Gasteiger partial charge is 0.496 e. The summed E-state index contributed by atoms with van der Waals surface area (Å²) in [5, 5.41) is 3.55. The zero-order valence-corrected chi connectivity index (χ0v) is 13.6. The summed E-state index contributed by atoms with van der Waals surface area (Å²) in [7, 11) is 3.85. The summed E-state index contributed by atoms with van der Waals surface area (Å²) < 4.78 is 5.58. The Balaban J connectivity index is 2.26. The standard InChI is InChI=1S/C18H29NO/c1-12-6-9-17(20-5)16(10-12)18(19-4)15-8-7-13(2)14(3)11-15/h6,9-10,13-15,18-19H,7-8,11H2,1-5H3. The molecule has 0 bridgehead atoms. The average Bonchev–Trinajstić information content (AvgIpc) is 2.44. The fourth-order valence-electron chi connectivity index (χ4n) is 3.63. The lowest BCUT2D eigenvalue weighted by molar-refractivity contribution is 0.173. The Bertz CT molecular complexity index is 443. The topological polar surface area (TPSA) is 21.3 Å². The average molecular weight is 275 g/mol. The molecule has 2 rings (SSSR count). The van der Waals surface area contributed by atoms with E-state index in [4.69, 9.17) is 4.74 Å². The van der Waals surface area contributed by atoms with Gasteiger partial charge in [-0.15, -0.1) is 0 Å². The third-order valence-corrected chi connectivity index (χ3v) is 5.14. The maximum Gasteiger partial charge on any atom is 0.123 e. The summed E-state index contributed by atoms with van der Waals surface area (Å²) in [4.78, 5) is 0. The maximum absolute atomic E-state index is 5.58. The Hall–Kier alpha value is -1.02. The zero-order chi connectivity index (χ0) is 14.7. The van der Waals surface area contributed by atoms with Crippen LogP contribution in [0.1, 0.15) is 50.3 Å². The molecule has 1 aliphatic carbocycles. The van der Waals surface area contributed by atoms with Crippen LogP contribution in [-0.2, 0) is 0 Å². The molecule has 1 N–H and O–H groups in total. The smallest absolute Gasteiger partial charge is 0.123 e. The van der Waals surface area contributed by atoms with Crippen molar-refractivity contribution >= 4 is 0 Å². The van der Waals surface area contributed by atoms with E-state index in [-0.39, 0.29) is 0 Å². The minimum absolute atomic E-state index is 0.403. The molecule has 0 aromatic heterocycles. The van der Waals surface area contributed by atoms with E-state index in [0.717, 1.165) is 17.6 Å². The van der Waals surface area contributed by atoms with Crippen LogP contribution in [-0.4, -0.2) is 14.2 Å². The molecule has 0 spiro atoms. The van der Waals surface area contributed by atoms with Gasteiger partial charge >= 0.3 is 0 Å². The highest BCUT2D eigenvalue weighted by Gasteiger charge is 2.31. The van der Waals surface area contributed by atoms with Crippen LogP contribution in [0.25, 0.3) is 0 Å². The second-order valence-electron chi connectivity index (χ2n) is 6.54. The summed E-state index contributed by atoms with van der Waals surface area (Å²) in [6.45, 7) is 6.95. The Labute approximate surface area is 123 Å². The lowest BCUT2D eigenvalue weighted by Gasteiger charge is -2.37. The van der Waals surface area contributed by atoms with Gasteiger partial charge in [-0.25, -0.2) is 0 Å². The first kappa shape index (κ1) is 15.4. The Morgan fingerprint density at radius 1 is 1.20 bits per heavy atom. The van der Waals surface area contributed by atoms with Gasteiger partial charge in [0, 0.05) is 11.6 Å². The normalized spacial score (nSPS) is 28.1. The van der Waals surface area contributed by atoms with Crippen LogP contribution >= 0.6 is 0 Å². The number of rotatable bonds is 4. The van der Waals surface area contributed by atoms with Crippen molar-refractivity contribution < 1.29 is 4.74 Å². The van der Waals surface area contributed by atoms with Crippen LogP contribution in [0.2, 0.25) is 0 Å². The van der Waals surface area contributed by atoms with Gasteiger partial charge < -0.3 is 10.1 Å². The van der Waals surface area contributed by atoms with Crippen LogP contribution < -0.4 is 10.1 Å². The van der Waals surface area contributed by atoms with E-state index >= 15 is 0 Å². The molecule has 0 saturated heterocycles. The fourth-order valence-corrected chi connectivity index (χ4v) is 3.63. The molecule has 0 amide bonds. The number of ether oxygens (including phenoxy) is 1. The first-order valence-electron chi connectivity index (χ1n) is 7.88. The predicted octanol–water partition coefficient (Wildman–Crippen LogP) is 4.34. The summed E-state index contributed by atoms with van der Waals surface area (Å²) >= 11 is 0. The van der Waals surface area contributed by atoms with E-state index in [9.17, 15) is 0 Å². The minimum atomic E-state index is 0.403. The summed E-state index contributed by atoms with van der Waals surface area (Å²) in [6.07, 6.45) is 3.97. The van der Waals surface area contributed by atoms with Crippen LogP contribution in [0, 0.1) is 24.7 Å². The Kier molecular flexibility index (Phi) is 5.09. The minimum Gasteiger partial charge on any atom is -0.496 e. The van der Waals surface area contributed by atoms with Gasteiger partial charge in [-0.05, 0) is 50.6 Å². The third kappa shape index (κ3) is 3.17. The van der Waals surface area contributed by atoms with Gasteiger partial charge in [0.15, 0.2) is 0 Å². The summed E-state index contributed by atoms with van der Waals surface area (Å²) in [6, 6.07) is 6.91. The molecule has 1 aromatic carbocycles. The van der Waals surface area contributed by atoms with Crippen molar-refractivity contribution in [1.29, 1.82) is 0 Å². The zero-order valence-electron chi connectivity index (χ0n) is 13.6. The molecule has 4 atom stereocenters. The number of hydrogen-bond donors (Lipinski definition) is 1. The monoisotopic (exact) mass is 275 g/mol. The molecule has 0 aliphatic heterocycles. The number of hydrogen-bond acceptors (Lipinski definition) is 2. The van der Waals surface area contributed by atoms with Crippen molar-refractivity contribution in [3.8, 4) is 5.75 Å². The SMILES string of the molecule is CNC(c1cc(C)ccc1OC)C1CCC(C)C(C)C1. The van der Waals surface area contributed by atoms with Gasteiger partial charge in [-0.3, -0.25) is 0 Å². The predicted molar refractivity (Wildman–Crippen MR) is 85.2 cm³/mol. The molecule has 2 heteroatoms. The van der Waals surface area contributed by atoms with E-state index < -0.39 is 0 Å². The molecule has 20 heavy (non-hydrogen) atoms. The van der Waals surface area contributed by atoms with Crippen molar-refractivity contribution in [3.05, 3.63) is 29.3 Å². The lowest BCUT2D eigenvalue weighted by atomic mass is 9.72. The van der Waals surface area contributed by atoms with E-state index in [1.54, 1.807) is 7.11 Å². The molecule has 0 radical (unpaired) electrons. The third-order valence-electron chi connectivity index (χ3n) is 5.14. The summed E-state index contributed by atoms with van der Waals surface area (Å²) in [5.41, 5.74) is 2.63. The van der Waals surface area contributed by atoms with Crippen molar-refractivity contribution in [2.24, 2.45) is 17.8 Å². The van der Waals surface area contributed by atoms with Gasteiger partial charge in [0.1, 0.15) is 5.75 Å². The molecule has 1 fully saturated rings. The first-order valence-corrected chi connectivity index (χ1v) is 7.88. The highest BCUT2D eigenvalue weighted by Crippen LogP contribution is 2.41. The van der Waals surface area contributed by atoms with E-state index in [0.29, 0.717) is 12.0 Å². The number of benzene rings is 1. The second kappa shape index (κ2) is 6.62. The van der Waals surface area contributed by atoms with Crippen molar-refractivity contribution in [3.63, 3.8) is 0 Å². The van der Waals surface area contributed by atoms with Crippen molar-refractivity contribution in [2.75, 3.05) is 14.2 Å². The molecule has 4 unspecified atom stereocenters. The van der Waals surface area contributed by atoms with E-state index in [1.807, 2.05) is 0 Å². The molecule has 0 heterocycles. The van der Waals surface area contributed by atoms with E-state index in [2.05, 4.69) is 51.3 Å². The Morgan fingerprint density at radius 3 is 2.55 bits per heavy atom. The van der Waals surface area contributed by atoms with Gasteiger partial charge in [0.05, 0.1) is 7.11 Å². The highest BCUT2D eigenvalue weighted by atomic mass is 16.5. The van der Waals surface area contributed by atoms with Gasteiger partial charge in [-0.2, -0.15) is 0 Å². The molecule has 1 aliphatic rings. The van der Waals surface area contributed by atoms with Gasteiger partial charge in [-0.1, -0.05) is 38.0 Å². The molecular formula is C18H29NO. The van der Waals surface area contributed by atoms with E-state index in [1.165, 1.54) is 30.4 Å². The fraction of sp³-hybridized carbons (Fsp3) is 0.667. The van der Waals surface area contributed by atoms with Crippen LogP contribution in [0.15, 0.2) is 18.2 Å². The van der Waals surface area contributed by atoms with Crippen LogP contribution in [0.5, 0.6) is 5.75 Å². The quantitative estimate of drug-likeness (QED) is 0.882. The first-order chi connectivity index (χ1) is 9.56. The molecule has 112 valence electrons. The van der Waals surface area contributed by atoms with Crippen molar-refractivity contribution in [2.45, 2.75) is 46.1 Å². The molecule has 1 aromatic rings. The lowest BCUT2D eigenvalue weighted by Crippen LogP contribution is -2.31. The Morgan fingerprint density at radius 2 is 1.95 bits per heavy atom. The summed E-state index contributed by atoms with van der Waals surface area (Å²) in [5.74, 6) is 3.41. The van der Waals surface area contributed by atoms with Crippen molar-refractivity contribution in [1.82, 2.24) is 5.32 Å².